The van der Waals surface area contributed by atoms with Crippen molar-refractivity contribution >= 4 is 38.9 Å². The van der Waals surface area contributed by atoms with E-state index in [4.69, 9.17) is 0 Å². The van der Waals surface area contributed by atoms with Crippen LogP contribution in [0.3, 0.4) is 0 Å². The zero-order valence-electron chi connectivity index (χ0n) is 13.0. The van der Waals surface area contributed by atoms with Crippen molar-refractivity contribution in [3.05, 3.63) is 76.8 Å². The van der Waals surface area contributed by atoms with Crippen LogP contribution in [0.2, 0.25) is 0 Å². The Labute approximate surface area is 152 Å². The van der Waals surface area contributed by atoms with Crippen LogP contribution >= 0.6 is 15.9 Å². The molecular weight excluding hydrogens is 380 g/mol. The van der Waals surface area contributed by atoms with Gasteiger partial charge in [0.15, 0.2) is 0 Å². The number of fused-ring (bicyclic) bond motifs is 1. The van der Waals surface area contributed by atoms with Gasteiger partial charge < -0.3 is 0 Å². The maximum atomic E-state index is 4.23. The zero-order chi connectivity index (χ0) is 17.1. The summed E-state index contributed by atoms with van der Waals surface area (Å²) in [6.07, 6.45) is 1.72. The minimum absolute atomic E-state index is 0.449. The summed E-state index contributed by atoms with van der Waals surface area (Å²) in [5, 5.41) is 18.3. The number of hydrogen-bond donors (Lipinski definition) is 1. The number of anilines is 1. The number of aromatic nitrogens is 4. The lowest BCUT2D eigenvalue weighted by Crippen LogP contribution is -2.04. The molecule has 0 aliphatic carbocycles. The summed E-state index contributed by atoms with van der Waals surface area (Å²) >= 11 is 3.41. The van der Waals surface area contributed by atoms with Crippen molar-refractivity contribution in [3.8, 4) is 5.69 Å². The van der Waals surface area contributed by atoms with Gasteiger partial charge in [-0.05, 0) is 39.6 Å². The molecule has 0 atom stereocenters. The zero-order valence-corrected chi connectivity index (χ0v) is 14.6. The Kier molecular flexibility index (Phi) is 4.22. The van der Waals surface area contributed by atoms with Crippen molar-refractivity contribution in [2.45, 2.75) is 0 Å². The van der Waals surface area contributed by atoms with Gasteiger partial charge in [0.05, 0.1) is 11.9 Å². The largest absolute Gasteiger partial charge is 0.268 e. The second kappa shape index (κ2) is 6.82. The lowest BCUT2D eigenvalue weighted by molar-refractivity contribution is 0.794. The molecule has 0 aliphatic rings. The van der Waals surface area contributed by atoms with Crippen molar-refractivity contribution in [1.29, 1.82) is 0 Å². The van der Waals surface area contributed by atoms with Crippen molar-refractivity contribution in [2.75, 3.05) is 5.43 Å². The van der Waals surface area contributed by atoms with Crippen molar-refractivity contribution < 1.29 is 0 Å². The molecule has 0 aliphatic heterocycles. The van der Waals surface area contributed by atoms with E-state index in [9.17, 15) is 0 Å². The second-order valence-corrected chi connectivity index (χ2v) is 6.25. The predicted octanol–water partition coefficient (Wildman–Crippen LogP) is 4.02. The maximum absolute atomic E-state index is 4.23. The number of benzene rings is 3. The summed E-state index contributed by atoms with van der Waals surface area (Å²) in [7, 11) is 0. The summed E-state index contributed by atoms with van der Waals surface area (Å²) in [5.41, 5.74) is 4.77. The van der Waals surface area contributed by atoms with Crippen molar-refractivity contribution in [2.24, 2.45) is 5.10 Å². The molecule has 0 radical (unpaired) electrons. The summed E-state index contributed by atoms with van der Waals surface area (Å²) in [4.78, 5) is 0. The van der Waals surface area contributed by atoms with E-state index in [0.29, 0.717) is 5.95 Å². The lowest BCUT2D eigenvalue weighted by Gasteiger charge is -2.07. The van der Waals surface area contributed by atoms with Crippen LogP contribution in [-0.4, -0.2) is 26.4 Å². The Morgan fingerprint density at radius 2 is 1.76 bits per heavy atom. The Bertz CT molecular complexity index is 1030. The molecule has 122 valence electrons. The number of hydrogen-bond acceptors (Lipinski definition) is 5. The summed E-state index contributed by atoms with van der Waals surface area (Å²) < 4.78 is 2.67. The van der Waals surface area contributed by atoms with Gasteiger partial charge in [0.25, 0.3) is 5.95 Å². The molecule has 1 aromatic heterocycles. The van der Waals surface area contributed by atoms with Crippen LogP contribution in [0.4, 0.5) is 5.95 Å². The Morgan fingerprint density at radius 1 is 0.960 bits per heavy atom. The van der Waals surface area contributed by atoms with Crippen LogP contribution in [0, 0.1) is 0 Å². The van der Waals surface area contributed by atoms with Gasteiger partial charge in [0.2, 0.25) is 0 Å². The normalized spacial score (nSPS) is 11.2. The molecule has 0 fully saturated rings. The molecule has 4 rings (SSSR count). The fourth-order valence-corrected chi connectivity index (χ4v) is 2.79. The molecule has 7 heteroatoms. The number of hydrazone groups is 1. The predicted molar refractivity (Wildman–Crippen MR) is 102 cm³/mol. The molecule has 0 spiro atoms. The highest BCUT2D eigenvalue weighted by atomic mass is 79.9. The van der Waals surface area contributed by atoms with Gasteiger partial charge >= 0.3 is 0 Å². The molecule has 3 aromatic carbocycles. The Balaban J connectivity index is 1.63. The molecule has 0 saturated heterocycles. The average molecular weight is 393 g/mol. The monoisotopic (exact) mass is 392 g/mol. The SMILES string of the molecule is Brc1ccc(C=NNc2nnnn2-c2cccc3ccccc23)cc1. The molecule has 1 N–H and O–H groups in total. The minimum Gasteiger partial charge on any atom is -0.244 e. The molecular formula is C18H13BrN6. The molecule has 1 heterocycles. The molecule has 6 nitrogen and oxygen atoms in total. The first-order chi connectivity index (χ1) is 12.3. The first kappa shape index (κ1) is 15.5. The van der Waals surface area contributed by atoms with E-state index < -0.39 is 0 Å². The number of halogens is 1. The van der Waals surface area contributed by atoms with E-state index in [-0.39, 0.29) is 0 Å². The van der Waals surface area contributed by atoms with Crippen LogP contribution in [-0.2, 0) is 0 Å². The number of nitrogens with zero attached hydrogens (tertiary/aromatic N) is 5. The highest BCUT2D eigenvalue weighted by molar-refractivity contribution is 9.10. The highest BCUT2D eigenvalue weighted by Crippen LogP contribution is 2.23. The van der Waals surface area contributed by atoms with E-state index in [1.54, 1.807) is 10.9 Å². The van der Waals surface area contributed by atoms with Gasteiger partial charge in [0.1, 0.15) is 0 Å². The first-order valence-electron chi connectivity index (χ1n) is 7.62. The van der Waals surface area contributed by atoms with Gasteiger partial charge in [-0.3, -0.25) is 0 Å². The maximum Gasteiger partial charge on any atom is 0.268 e. The third-order valence-corrected chi connectivity index (χ3v) is 4.24. The Hall–Kier alpha value is -3.06. The first-order valence-corrected chi connectivity index (χ1v) is 8.42. The fourth-order valence-electron chi connectivity index (χ4n) is 2.53. The molecule has 0 bridgehead atoms. The van der Waals surface area contributed by atoms with Gasteiger partial charge in [0, 0.05) is 9.86 Å². The average Bonchev–Trinajstić information content (AvgIpc) is 3.11. The third-order valence-electron chi connectivity index (χ3n) is 3.71. The van der Waals surface area contributed by atoms with Crippen molar-refractivity contribution in [3.63, 3.8) is 0 Å². The minimum atomic E-state index is 0.449. The quantitative estimate of drug-likeness (QED) is 0.420. The standard InChI is InChI=1S/C18H13BrN6/c19-15-10-8-13(9-11-15)12-20-21-18-22-23-24-25(18)17-7-3-5-14-4-1-2-6-16(14)17/h1-12H,(H,21,22,24). The highest BCUT2D eigenvalue weighted by Gasteiger charge is 2.10. The lowest BCUT2D eigenvalue weighted by atomic mass is 10.1. The topological polar surface area (TPSA) is 68.0 Å². The molecule has 25 heavy (non-hydrogen) atoms. The van der Waals surface area contributed by atoms with E-state index >= 15 is 0 Å². The van der Waals surface area contributed by atoms with Crippen LogP contribution in [0.1, 0.15) is 5.56 Å². The molecule has 4 aromatic rings. The number of tetrazole rings is 1. The Morgan fingerprint density at radius 3 is 2.64 bits per heavy atom. The summed E-state index contributed by atoms with van der Waals surface area (Å²) in [5.74, 6) is 0.449. The molecule has 0 amide bonds. The van der Waals surface area contributed by atoms with E-state index in [0.717, 1.165) is 26.5 Å². The second-order valence-electron chi connectivity index (χ2n) is 5.33. The van der Waals surface area contributed by atoms with E-state index in [1.165, 1.54) is 0 Å². The molecule has 0 unspecified atom stereocenters. The van der Waals surface area contributed by atoms with Gasteiger partial charge in [-0.2, -0.15) is 9.78 Å². The smallest absolute Gasteiger partial charge is 0.244 e. The molecule has 0 saturated carbocycles. The van der Waals surface area contributed by atoms with E-state index in [2.05, 4.69) is 54.1 Å². The number of rotatable bonds is 4. The number of nitrogens with one attached hydrogen (secondary N) is 1. The fraction of sp³-hybridized carbons (Fsp3) is 0. The summed E-state index contributed by atoms with van der Waals surface area (Å²) in [6, 6.07) is 22.0. The van der Waals surface area contributed by atoms with Gasteiger partial charge in [-0.15, -0.1) is 0 Å². The van der Waals surface area contributed by atoms with Crippen LogP contribution in [0.25, 0.3) is 16.5 Å². The van der Waals surface area contributed by atoms with Crippen LogP contribution in [0.5, 0.6) is 0 Å². The van der Waals surface area contributed by atoms with Gasteiger partial charge in [-0.25, -0.2) is 5.43 Å². The van der Waals surface area contributed by atoms with Crippen molar-refractivity contribution in [1.82, 2.24) is 20.2 Å². The van der Waals surface area contributed by atoms with Gasteiger partial charge in [-0.1, -0.05) is 69.6 Å². The van der Waals surface area contributed by atoms with E-state index in [1.807, 2.05) is 54.6 Å². The van der Waals surface area contributed by atoms with Crippen LogP contribution in [0.15, 0.2) is 76.3 Å². The summed E-state index contributed by atoms with van der Waals surface area (Å²) in [6.45, 7) is 0. The third kappa shape index (κ3) is 3.27. The van der Waals surface area contributed by atoms with Crippen LogP contribution < -0.4 is 5.43 Å².